The third kappa shape index (κ3) is 3.93. The molecule has 0 saturated carbocycles. The highest BCUT2D eigenvalue weighted by molar-refractivity contribution is 5.73. The summed E-state index contributed by atoms with van der Waals surface area (Å²) in [6.45, 7) is 2.38. The van der Waals surface area contributed by atoms with Crippen LogP contribution in [0.15, 0.2) is 36.5 Å². The molecule has 0 fully saturated rings. The number of nitrogens with one attached hydrogen (secondary N) is 2. The van der Waals surface area contributed by atoms with Crippen LogP contribution in [0.1, 0.15) is 17.1 Å². The second-order valence-electron chi connectivity index (χ2n) is 4.46. The fourth-order valence-electron chi connectivity index (χ4n) is 1.88. The van der Waals surface area contributed by atoms with Crippen molar-refractivity contribution in [1.29, 1.82) is 0 Å². The topological polar surface area (TPSA) is 78.0 Å². The van der Waals surface area contributed by atoms with Crippen molar-refractivity contribution >= 4 is 5.97 Å². The molecule has 2 aromatic rings. The van der Waals surface area contributed by atoms with Gasteiger partial charge in [0.05, 0.1) is 0 Å². The first-order valence-corrected chi connectivity index (χ1v) is 6.16. The van der Waals surface area contributed by atoms with Crippen molar-refractivity contribution in [2.24, 2.45) is 0 Å². The minimum absolute atomic E-state index is 0.392. The Morgan fingerprint density at radius 1 is 1.42 bits per heavy atom. The molecule has 1 aromatic carbocycles. The summed E-state index contributed by atoms with van der Waals surface area (Å²) in [5, 5.41) is 12.3. The Morgan fingerprint density at radius 2 is 2.16 bits per heavy atom. The van der Waals surface area contributed by atoms with Crippen LogP contribution in [0.3, 0.4) is 0 Å². The zero-order valence-corrected chi connectivity index (χ0v) is 10.8. The molecule has 0 unspecified atom stereocenters. The smallest absolute Gasteiger partial charge is 0.321 e. The van der Waals surface area contributed by atoms with Crippen LogP contribution in [0.25, 0.3) is 0 Å². The number of aromatic nitrogens is 2. The number of aliphatic carboxylic acids is 1. The van der Waals surface area contributed by atoms with Crippen molar-refractivity contribution in [3.63, 3.8) is 0 Å². The van der Waals surface area contributed by atoms with Gasteiger partial charge >= 0.3 is 5.97 Å². The highest BCUT2D eigenvalue weighted by Gasteiger charge is 2.18. The summed E-state index contributed by atoms with van der Waals surface area (Å²) in [6, 6.07) is 9.11. The van der Waals surface area contributed by atoms with Crippen LogP contribution >= 0.6 is 0 Å². The van der Waals surface area contributed by atoms with E-state index in [1.165, 1.54) is 0 Å². The Hall–Kier alpha value is -2.14. The molecule has 0 aliphatic rings. The molecule has 0 aliphatic heterocycles. The van der Waals surface area contributed by atoms with E-state index in [0.717, 1.165) is 17.1 Å². The molecule has 0 bridgehead atoms. The van der Waals surface area contributed by atoms with E-state index < -0.39 is 12.0 Å². The maximum absolute atomic E-state index is 11.2. The maximum atomic E-state index is 11.2. The van der Waals surface area contributed by atoms with E-state index in [1.807, 2.05) is 37.3 Å². The molecule has 1 atom stereocenters. The van der Waals surface area contributed by atoms with E-state index in [9.17, 15) is 9.90 Å². The van der Waals surface area contributed by atoms with Gasteiger partial charge in [0.1, 0.15) is 11.9 Å². The molecule has 3 N–H and O–H groups in total. The summed E-state index contributed by atoms with van der Waals surface area (Å²) >= 11 is 0. The van der Waals surface area contributed by atoms with Crippen molar-refractivity contribution in [2.75, 3.05) is 0 Å². The molecular formula is C14H17N3O2. The fraction of sp³-hybridized carbons (Fsp3) is 0.286. The summed E-state index contributed by atoms with van der Waals surface area (Å²) in [7, 11) is 0. The Kier molecular flexibility index (Phi) is 4.30. The van der Waals surface area contributed by atoms with Gasteiger partial charge in [-0.2, -0.15) is 0 Å². The van der Waals surface area contributed by atoms with Gasteiger partial charge in [-0.1, -0.05) is 30.3 Å². The van der Waals surface area contributed by atoms with Crippen LogP contribution < -0.4 is 5.32 Å². The number of imidazole rings is 1. The molecule has 2 rings (SSSR count). The average Bonchev–Trinajstić information content (AvgIpc) is 2.81. The summed E-state index contributed by atoms with van der Waals surface area (Å²) < 4.78 is 0. The van der Waals surface area contributed by atoms with Crippen molar-refractivity contribution in [2.45, 2.75) is 25.9 Å². The molecule has 5 heteroatoms. The van der Waals surface area contributed by atoms with Gasteiger partial charge in [0.25, 0.3) is 0 Å². The highest BCUT2D eigenvalue weighted by Crippen LogP contribution is 2.04. The normalized spacial score (nSPS) is 12.3. The molecule has 100 valence electrons. The molecule has 1 heterocycles. The van der Waals surface area contributed by atoms with Crippen LogP contribution in [0.2, 0.25) is 0 Å². The van der Waals surface area contributed by atoms with Gasteiger partial charge in [-0.3, -0.25) is 10.1 Å². The summed E-state index contributed by atoms with van der Waals surface area (Å²) in [5.74, 6) is -0.0645. The third-order valence-electron chi connectivity index (χ3n) is 2.87. The van der Waals surface area contributed by atoms with E-state index >= 15 is 0 Å². The van der Waals surface area contributed by atoms with Gasteiger partial charge in [0, 0.05) is 24.9 Å². The fourth-order valence-corrected chi connectivity index (χ4v) is 1.88. The van der Waals surface area contributed by atoms with Gasteiger partial charge in [-0.25, -0.2) is 4.98 Å². The molecule has 19 heavy (non-hydrogen) atoms. The van der Waals surface area contributed by atoms with Gasteiger partial charge in [-0.05, 0) is 12.5 Å². The zero-order chi connectivity index (χ0) is 13.7. The number of hydrogen-bond donors (Lipinski definition) is 3. The van der Waals surface area contributed by atoms with Crippen LogP contribution in [0.4, 0.5) is 0 Å². The number of carboxylic acids is 1. The SMILES string of the molecule is Cc1ncc(C[C@H](NCc2ccccc2)C(=O)O)[nH]1. The number of aryl methyl sites for hydroxylation is 1. The van der Waals surface area contributed by atoms with Gasteiger partial charge in [0.2, 0.25) is 0 Å². The van der Waals surface area contributed by atoms with Crippen molar-refractivity contribution in [3.05, 3.63) is 53.6 Å². The number of benzene rings is 1. The lowest BCUT2D eigenvalue weighted by atomic mass is 10.1. The number of carboxylic acid groups (broad SMARTS) is 1. The molecule has 0 amide bonds. The number of hydrogen-bond acceptors (Lipinski definition) is 3. The second kappa shape index (κ2) is 6.15. The second-order valence-corrected chi connectivity index (χ2v) is 4.46. The van der Waals surface area contributed by atoms with E-state index in [-0.39, 0.29) is 0 Å². The number of aromatic amines is 1. The lowest BCUT2D eigenvalue weighted by Gasteiger charge is -2.13. The number of H-pyrrole nitrogens is 1. The number of nitrogens with zero attached hydrogens (tertiary/aromatic N) is 1. The molecule has 0 aliphatic carbocycles. The molecular weight excluding hydrogens is 242 g/mol. The summed E-state index contributed by atoms with van der Waals surface area (Å²) in [6.07, 6.45) is 2.07. The summed E-state index contributed by atoms with van der Waals surface area (Å²) in [4.78, 5) is 18.4. The molecule has 0 saturated heterocycles. The molecule has 0 spiro atoms. The first-order chi connectivity index (χ1) is 9.15. The minimum Gasteiger partial charge on any atom is -0.480 e. The Labute approximate surface area is 111 Å². The van der Waals surface area contributed by atoms with E-state index in [4.69, 9.17) is 0 Å². The van der Waals surface area contributed by atoms with E-state index in [2.05, 4.69) is 15.3 Å². The lowest BCUT2D eigenvalue weighted by Crippen LogP contribution is -2.38. The zero-order valence-electron chi connectivity index (χ0n) is 10.8. The molecule has 1 aromatic heterocycles. The van der Waals surface area contributed by atoms with Gasteiger partial charge < -0.3 is 10.1 Å². The first-order valence-electron chi connectivity index (χ1n) is 6.16. The first kappa shape index (κ1) is 13.3. The van der Waals surface area contributed by atoms with Crippen LogP contribution in [0.5, 0.6) is 0 Å². The number of rotatable bonds is 6. The van der Waals surface area contributed by atoms with Gasteiger partial charge in [0.15, 0.2) is 0 Å². The average molecular weight is 259 g/mol. The maximum Gasteiger partial charge on any atom is 0.321 e. The van der Waals surface area contributed by atoms with Crippen molar-refractivity contribution in [3.8, 4) is 0 Å². The van der Waals surface area contributed by atoms with E-state index in [0.29, 0.717) is 13.0 Å². The predicted molar refractivity (Wildman–Crippen MR) is 71.7 cm³/mol. The standard InChI is InChI=1S/C14H17N3O2/c1-10-15-9-12(17-10)7-13(14(18)19)16-8-11-5-3-2-4-6-11/h2-6,9,13,16H,7-8H2,1H3,(H,15,17)(H,18,19)/t13-/m0/s1. The molecule has 0 radical (unpaired) electrons. The van der Waals surface area contributed by atoms with Crippen LogP contribution in [-0.4, -0.2) is 27.1 Å². The quantitative estimate of drug-likeness (QED) is 0.734. The monoisotopic (exact) mass is 259 g/mol. The predicted octanol–water partition coefficient (Wildman–Crippen LogP) is 1.50. The minimum atomic E-state index is -0.858. The lowest BCUT2D eigenvalue weighted by molar-refractivity contribution is -0.139. The number of carbonyl (C=O) groups is 1. The van der Waals surface area contributed by atoms with Crippen LogP contribution in [-0.2, 0) is 17.8 Å². The Morgan fingerprint density at radius 3 is 2.74 bits per heavy atom. The van der Waals surface area contributed by atoms with Crippen molar-refractivity contribution < 1.29 is 9.90 Å². The van der Waals surface area contributed by atoms with Crippen LogP contribution in [0, 0.1) is 6.92 Å². The molecule has 5 nitrogen and oxygen atoms in total. The largest absolute Gasteiger partial charge is 0.480 e. The van der Waals surface area contributed by atoms with E-state index in [1.54, 1.807) is 6.20 Å². The third-order valence-corrected chi connectivity index (χ3v) is 2.87. The Balaban J connectivity index is 1.95. The Bertz CT molecular complexity index is 537. The summed E-state index contributed by atoms with van der Waals surface area (Å²) in [5.41, 5.74) is 1.89. The highest BCUT2D eigenvalue weighted by atomic mass is 16.4. The van der Waals surface area contributed by atoms with Gasteiger partial charge in [-0.15, -0.1) is 0 Å². The van der Waals surface area contributed by atoms with Crippen molar-refractivity contribution in [1.82, 2.24) is 15.3 Å².